The van der Waals surface area contributed by atoms with E-state index in [-0.39, 0.29) is 23.9 Å². The molecule has 1 atom stereocenters. The number of benzene rings is 1. The van der Waals surface area contributed by atoms with Crippen molar-refractivity contribution in [1.29, 1.82) is 0 Å². The van der Waals surface area contributed by atoms with E-state index in [1.54, 1.807) is 39.0 Å². The maximum Gasteiger partial charge on any atom is 0.410 e. The van der Waals surface area contributed by atoms with Crippen LogP contribution in [-0.2, 0) is 4.74 Å². The number of anilines is 1. The first kappa shape index (κ1) is 16.4. The second-order valence-corrected chi connectivity index (χ2v) is 7.19. The number of ether oxygens (including phenoxy) is 1. The summed E-state index contributed by atoms with van der Waals surface area (Å²) in [5.74, 6) is 0.126. The fourth-order valence-corrected chi connectivity index (χ4v) is 3.08. The predicted octanol–water partition coefficient (Wildman–Crippen LogP) is 2.25. The standard InChI is InChI=1S/C17H23N3O4/c1-17(2,3)24-16(23)18-7-8-19-13(10-18)11-20(15(19)22)12-5-4-6-14(21)9-12/h4-6,9,13,21H,7-8,10-11H2,1-3H3. The van der Waals surface area contributed by atoms with Crippen molar-refractivity contribution in [3.05, 3.63) is 24.3 Å². The van der Waals surface area contributed by atoms with Gasteiger partial charge in [-0.05, 0) is 32.9 Å². The summed E-state index contributed by atoms with van der Waals surface area (Å²) in [7, 11) is 0. The molecule has 1 aromatic rings. The summed E-state index contributed by atoms with van der Waals surface area (Å²) in [4.78, 5) is 29.9. The number of carbonyl (C=O) groups excluding carboxylic acids is 2. The highest BCUT2D eigenvalue weighted by molar-refractivity contribution is 5.95. The maximum absolute atomic E-state index is 12.6. The van der Waals surface area contributed by atoms with Gasteiger partial charge in [0, 0.05) is 37.9 Å². The molecule has 7 heteroatoms. The summed E-state index contributed by atoms with van der Waals surface area (Å²) in [6.45, 7) is 7.40. The molecule has 2 heterocycles. The van der Waals surface area contributed by atoms with Crippen LogP contribution >= 0.6 is 0 Å². The average molecular weight is 333 g/mol. The Bertz CT molecular complexity index is 655. The highest BCUT2D eigenvalue weighted by Gasteiger charge is 2.42. The Morgan fingerprint density at radius 1 is 1.25 bits per heavy atom. The molecule has 2 fully saturated rings. The minimum absolute atomic E-state index is 0.0684. The topological polar surface area (TPSA) is 73.3 Å². The van der Waals surface area contributed by atoms with Gasteiger partial charge in [0.05, 0.1) is 6.04 Å². The minimum atomic E-state index is -0.534. The number of phenolic OH excluding ortho intramolecular Hbond substituents is 1. The molecular formula is C17H23N3O4. The van der Waals surface area contributed by atoms with Crippen LogP contribution in [0.1, 0.15) is 20.8 Å². The first-order valence-corrected chi connectivity index (χ1v) is 8.10. The van der Waals surface area contributed by atoms with Crippen LogP contribution in [0.2, 0.25) is 0 Å². The highest BCUT2D eigenvalue weighted by Crippen LogP contribution is 2.28. The van der Waals surface area contributed by atoms with Crippen LogP contribution in [0.25, 0.3) is 0 Å². The molecule has 2 aliphatic heterocycles. The van der Waals surface area contributed by atoms with Gasteiger partial charge >= 0.3 is 12.1 Å². The Morgan fingerprint density at radius 2 is 2.00 bits per heavy atom. The molecule has 0 aromatic heterocycles. The lowest BCUT2D eigenvalue weighted by molar-refractivity contribution is 0.0128. The zero-order valence-corrected chi connectivity index (χ0v) is 14.2. The Labute approximate surface area is 141 Å². The van der Waals surface area contributed by atoms with E-state index in [0.29, 0.717) is 31.9 Å². The molecule has 24 heavy (non-hydrogen) atoms. The van der Waals surface area contributed by atoms with Gasteiger partial charge in [-0.15, -0.1) is 0 Å². The largest absolute Gasteiger partial charge is 0.508 e. The molecule has 3 rings (SSSR count). The van der Waals surface area contributed by atoms with E-state index in [1.165, 1.54) is 0 Å². The lowest BCUT2D eigenvalue weighted by Crippen LogP contribution is -2.54. The van der Waals surface area contributed by atoms with Crippen LogP contribution in [0, 0.1) is 0 Å². The highest BCUT2D eigenvalue weighted by atomic mass is 16.6. The first-order chi connectivity index (χ1) is 11.2. The summed E-state index contributed by atoms with van der Waals surface area (Å²) < 4.78 is 5.42. The Kier molecular flexibility index (Phi) is 4.03. The van der Waals surface area contributed by atoms with E-state index in [0.717, 1.165) is 0 Å². The molecule has 130 valence electrons. The molecule has 0 spiro atoms. The van der Waals surface area contributed by atoms with Gasteiger partial charge in [0.1, 0.15) is 11.4 Å². The number of phenols is 1. The fraction of sp³-hybridized carbons (Fsp3) is 0.529. The SMILES string of the molecule is CC(C)(C)OC(=O)N1CCN2C(=O)N(c3cccc(O)c3)CC2C1. The lowest BCUT2D eigenvalue weighted by atomic mass is 10.2. The second-order valence-electron chi connectivity index (χ2n) is 7.19. The monoisotopic (exact) mass is 333 g/mol. The van der Waals surface area contributed by atoms with E-state index in [9.17, 15) is 14.7 Å². The Balaban J connectivity index is 1.70. The summed E-state index contributed by atoms with van der Waals surface area (Å²) >= 11 is 0. The molecule has 0 bridgehead atoms. The van der Waals surface area contributed by atoms with Gasteiger partial charge in [0.15, 0.2) is 0 Å². The van der Waals surface area contributed by atoms with Gasteiger partial charge in [-0.3, -0.25) is 4.90 Å². The quantitative estimate of drug-likeness (QED) is 0.855. The van der Waals surface area contributed by atoms with Gasteiger partial charge in [0.25, 0.3) is 0 Å². The van der Waals surface area contributed by atoms with Gasteiger partial charge in [-0.25, -0.2) is 9.59 Å². The van der Waals surface area contributed by atoms with Gasteiger partial charge in [-0.2, -0.15) is 0 Å². The van der Waals surface area contributed by atoms with E-state index >= 15 is 0 Å². The summed E-state index contributed by atoms with van der Waals surface area (Å²) in [6, 6.07) is 6.49. The van der Waals surface area contributed by atoms with Crippen LogP contribution in [0.4, 0.5) is 15.3 Å². The third-order valence-electron chi connectivity index (χ3n) is 4.15. The van der Waals surface area contributed by atoms with Crippen molar-refractivity contribution in [3.63, 3.8) is 0 Å². The van der Waals surface area contributed by atoms with Crippen LogP contribution in [0.15, 0.2) is 24.3 Å². The second kappa shape index (κ2) is 5.89. The van der Waals surface area contributed by atoms with E-state index in [4.69, 9.17) is 4.74 Å². The fourth-order valence-electron chi connectivity index (χ4n) is 3.08. The minimum Gasteiger partial charge on any atom is -0.508 e. The number of aromatic hydroxyl groups is 1. The first-order valence-electron chi connectivity index (χ1n) is 8.10. The molecule has 1 aromatic carbocycles. The maximum atomic E-state index is 12.6. The summed E-state index contributed by atoms with van der Waals surface area (Å²) in [6.07, 6.45) is -0.342. The van der Waals surface area contributed by atoms with Crippen molar-refractivity contribution < 1.29 is 19.4 Å². The number of rotatable bonds is 1. The number of nitrogens with zero attached hydrogens (tertiary/aromatic N) is 3. The third kappa shape index (κ3) is 3.25. The number of carbonyl (C=O) groups is 2. The summed E-state index contributed by atoms with van der Waals surface area (Å²) in [5.41, 5.74) is 0.131. The summed E-state index contributed by atoms with van der Waals surface area (Å²) in [5, 5.41) is 9.62. The number of piperazine rings is 1. The molecular weight excluding hydrogens is 310 g/mol. The van der Waals surface area contributed by atoms with E-state index in [1.807, 2.05) is 20.8 Å². The van der Waals surface area contributed by atoms with E-state index in [2.05, 4.69) is 0 Å². The number of hydrogen-bond acceptors (Lipinski definition) is 4. The van der Waals surface area contributed by atoms with Crippen LogP contribution < -0.4 is 4.90 Å². The molecule has 3 amide bonds. The number of urea groups is 1. The van der Waals surface area contributed by atoms with Crippen molar-refractivity contribution >= 4 is 17.8 Å². The van der Waals surface area contributed by atoms with Crippen LogP contribution in [-0.4, -0.2) is 64.9 Å². The van der Waals surface area contributed by atoms with Crippen molar-refractivity contribution in [2.45, 2.75) is 32.4 Å². The molecule has 0 aliphatic carbocycles. The zero-order chi connectivity index (χ0) is 17.5. The van der Waals surface area contributed by atoms with Gasteiger partial charge in [-0.1, -0.05) is 6.07 Å². The van der Waals surface area contributed by atoms with Crippen molar-refractivity contribution in [2.24, 2.45) is 0 Å². The molecule has 1 N–H and O–H groups in total. The number of amides is 3. The zero-order valence-electron chi connectivity index (χ0n) is 14.2. The van der Waals surface area contributed by atoms with Crippen LogP contribution in [0.5, 0.6) is 5.75 Å². The lowest BCUT2D eigenvalue weighted by Gasteiger charge is -2.36. The van der Waals surface area contributed by atoms with Crippen molar-refractivity contribution in [1.82, 2.24) is 9.80 Å². The van der Waals surface area contributed by atoms with Gasteiger partial charge in [0.2, 0.25) is 0 Å². The van der Waals surface area contributed by atoms with Gasteiger partial charge < -0.3 is 19.6 Å². The molecule has 7 nitrogen and oxygen atoms in total. The third-order valence-corrected chi connectivity index (χ3v) is 4.15. The molecule has 2 aliphatic rings. The predicted molar refractivity (Wildman–Crippen MR) is 89.1 cm³/mol. The molecule has 1 unspecified atom stereocenters. The molecule has 0 radical (unpaired) electrons. The van der Waals surface area contributed by atoms with Crippen molar-refractivity contribution in [3.8, 4) is 5.75 Å². The molecule has 0 saturated carbocycles. The average Bonchev–Trinajstić information content (AvgIpc) is 2.82. The van der Waals surface area contributed by atoms with Crippen molar-refractivity contribution in [2.75, 3.05) is 31.1 Å². The van der Waals surface area contributed by atoms with E-state index < -0.39 is 5.60 Å². The van der Waals surface area contributed by atoms with Crippen LogP contribution in [0.3, 0.4) is 0 Å². The molecule has 2 saturated heterocycles. The normalized spacial score (nSPS) is 21.0. The number of hydrogen-bond donors (Lipinski definition) is 1. The number of fused-ring (bicyclic) bond motifs is 1. The smallest absolute Gasteiger partial charge is 0.410 e. The Hall–Kier alpha value is -2.44. The Morgan fingerprint density at radius 3 is 2.67 bits per heavy atom.